The first-order chi connectivity index (χ1) is 9.68. The number of amides is 3. The number of likely N-dealkylation sites (N-methyl/N-ethyl adjacent to an activating group) is 1. The molecule has 0 aromatic heterocycles. The number of methoxy groups -OCH3 is 1. The fraction of sp³-hybridized carbons (Fsp3) is 0.769. The van der Waals surface area contributed by atoms with Gasteiger partial charge in [-0.3, -0.25) is 4.79 Å². The van der Waals surface area contributed by atoms with E-state index in [1.807, 2.05) is 0 Å². The molecule has 0 spiro atoms. The molecular weight excluding hydrogens is 278 g/mol. The summed E-state index contributed by atoms with van der Waals surface area (Å²) in [5, 5.41) is 14.2. The van der Waals surface area contributed by atoms with Crippen molar-refractivity contribution in [1.82, 2.24) is 15.5 Å². The van der Waals surface area contributed by atoms with Gasteiger partial charge in [0.15, 0.2) is 0 Å². The Balaban J connectivity index is 4.64. The van der Waals surface area contributed by atoms with Crippen molar-refractivity contribution in [3.8, 4) is 0 Å². The molecule has 0 saturated carbocycles. The van der Waals surface area contributed by atoms with Crippen molar-refractivity contribution < 1.29 is 24.2 Å². The van der Waals surface area contributed by atoms with Gasteiger partial charge in [-0.2, -0.15) is 0 Å². The summed E-state index contributed by atoms with van der Waals surface area (Å²) in [4.78, 5) is 36.2. The molecule has 0 saturated heterocycles. The number of hydrogen-bond acceptors (Lipinski definition) is 4. The summed E-state index contributed by atoms with van der Waals surface area (Å²) in [5.74, 6) is -1.47. The van der Waals surface area contributed by atoms with Gasteiger partial charge in [0.05, 0.1) is 6.61 Å². The van der Waals surface area contributed by atoms with E-state index in [2.05, 4.69) is 10.6 Å². The highest BCUT2D eigenvalue weighted by molar-refractivity contribution is 5.89. The van der Waals surface area contributed by atoms with E-state index in [0.717, 1.165) is 4.90 Å². The van der Waals surface area contributed by atoms with E-state index in [-0.39, 0.29) is 12.5 Å². The molecule has 0 aromatic rings. The molecule has 0 radical (unpaired) electrons. The predicted molar refractivity (Wildman–Crippen MR) is 77.0 cm³/mol. The average Bonchev–Trinajstić information content (AvgIpc) is 2.38. The zero-order valence-corrected chi connectivity index (χ0v) is 13.2. The van der Waals surface area contributed by atoms with Gasteiger partial charge in [-0.25, -0.2) is 9.59 Å². The monoisotopic (exact) mass is 303 g/mol. The Morgan fingerprint density at radius 1 is 1.33 bits per heavy atom. The molecule has 1 atom stereocenters. The van der Waals surface area contributed by atoms with E-state index < -0.39 is 23.6 Å². The van der Waals surface area contributed by atoms with Crippen molar-refractivity contribution in [3.63, 3.8) is 0 Å². The molecule has 21 heavy (non-hydrogen) atoms. The Bertz CT molecular complexity index is 384. The fourth-order valence-electron chi connectivity index (χ4n) is 1.67. The molecule has 0 aromatic carbocycles. The van der Waals surface area contributed by atoms with Gasteiger partial charge >= 0.3 is 12.0 Å². The van der Waals surface area contributed by atoms with Crippen molar-refractivity contribution in [1.29, 1.82) is 0 Å². The third-order valence-electron chi connectivity index (χ3n) is 3.10. The van der Waals surface area contributed by atoms with Crippen LogP contribution in [0, 0.1) is 0 Å². The summed E-state index contributed by atoms with van der Waals surface area (Å²) in [5.41, 5.74) is -1.36. The van der Waals surface area contributed by atoms with Crippen LogP contribution in [0.4, 0.5) is 4.79 Å². The van der Waals surface area contributed by atoms with Gasteiger partial charge in [-0.15, -0.1) is 0 Å². The van der Waals surface area contributed by atoms with Crippen molar-refractivity contribution >= 4 is 17.9 Å². The SMILES string of the molecule is CCN(C(=O)NC(C)C(=O)NCCOC)C(C)(C)C(=O)O. The third kappa shape index (κ3) is 5.58. The van der Waals surface area contributed by atoms with E-state index in [0.29, 0.717) is 13.2 Å². The normalized spacial score (nSPS) is 12.4. The lowest BCUT2D eigenvalue weighted by atomic mass is 10.0. The summed E-state index contributed by atoms with van der Waals surface area (Å²) >= 11 is 0. The largest absolute Gasteiger partial charge is 0.480 e. The Hall–Kier alpha value is -1.83. The van der Waals surface area contributed by atoms with E-state index in [1.54, 1.807) is 6.92 Å². The summed E-state index contributed by atoms with van der Waals surface area (Å²) in [6.07, 6.45) is 0. The predicted octanol–water partition coefficient (Wildman–Crippen LogP) is 0.0322. The molecule has 3 amide bonds. The molecule has 8 heteroatoms. The molecule has 0 heterocycles. The lowest BCUT2D eigenvalue weighted by Crippen LogP contribution is -2.58. The highest BCUT2D eigenvalue weighted by Crippen LogP contribution is 2.14. The molecule has 3 N–H and O–H groups in total. The highest BCUT2D eigenvalue weighted by Gasteiger charge is 2.37. The van der Waals surface area contributed by atoms with Crippen molar-refractivity contribution in [2.24, 2.45) is 0 Å². The van der Waals surface area contributed by atoms with Crippen molar-refractivity contribution in [2.45, 2.75) is 39.3 Å². The first-order valence-corrected chi connectivity index (χ1v) is 6.76. The number of carboxylic acids is 1. The van der Waals surface area contributed by atoms with Crippen LogP contribution < -0.4 is 10.6 Å². The number of urea groups is 1. The second kappa shape index (κ2) is 8.46. The number of hydrogen-bond donors (Lipinski definition) is 3. The standard InChI is InChI=1S/C13H25N3O5/c1-6-16(13(3,4)11(18)19)12(20)15-9(2)10(17)14-7-8-21-5/h9H,6-8H2,1-5H3,(H,14,17)(H,15,20)(H,18,19). The lowest BCUT2D eigenvalue weighted by molar-refractivity contribution is -0.147. The number of aliphatic carboxylic acids is 1. The number of rotatable bonds is 8. The van der Waals surface area contributed by atoms with Gasteiger partial charge < -0.3 is 25.4 Å². The molecule has 0 aliphatic heterocycles. The lowest BCUT2D eigenvalue weighted by Gasteiger charge is -2.34. The second-order valence-corrected chi connectivity index (χ2v) is 5.06. The molecule has 0 aliphatic rings. The maximum Gasteiger partial charge on any atom is 0.329 e. The van der Waals surface area contributed by atoms with Crippen molar-refractivity contribution in [2.75, 3.05) is 26.8 Å². The number of nitrogens with zero attached hydrogens (tertiary/aromatic N) is 1. The Morgan fingerprint density at radius 2 is 1.90 bits per heavy atom. The van der Waals surface area contributed by atoms with Crippen LogP contribution in [0.5, 0.6) is 0 Å². The van der Waals surface area contributed by atoms with Crippen LogP contribution in [0.2, 0.25) is 0 Å². The first-order valence-electron chi connectivity index (χ1n) is 6.76. The number of ether oxygens (including phenoxy) is 1. The minimum absolute atomic E-state index is 0.211. The fourth-order valence-corrected chi connectivity index (χ4v) is 1.67. The highest BCUT2D eigenvalue weighted by atomic mass is 16.5. The van der Waals surface area contributed by atoms with Crippen LogP contribution in [0.3, 0.4) is 0 Å². The average molecular weight is 303 g/mol. The second-order valence-electron chi connectivity index (χ2n) is 5.06. The molecule has 0 rings (SSSR count). The zero-order chi connectivity index (χ0) is 16.6. The van der Waals surface area contributed by atoms with Gasteiger partial charge in [-0.1, -0.05) is 0 Å². The minimum atomic E-state index is -1.36. The van der Waals surface area contributed by atoms with E-state index in [4.69, 9.17) is 9.84 Å². The van der Waals surface area contributed by atoms with E-state index in [1.165, 1.54) is 27.9 Å². The molecule has 0 bridgehead atoms. The quantitative estimate of drug-likeness (QED) is 0.548. The van der Waals surface area contributed by atoms with Crippen LogP contribution in [0.15, 0.2) is 0 Å². The number of nitrogens with one attached hydrogen (secondary N) is 2. The zero-order valence-electron chi connectivity index (χ0n) is 13.2. The van der Waals surface area contributed by atoms with Crippen LogP contribution in [0.1, 0.15) is 27.7 Å². The Labute approximate surface area is 124 Å². The van der Waals surface area contributed by atoms with Crippen LogP contribution >= 0.6 is 0 Å². The van der Waals surface area contributed by atoms with Crippen molar-refractivity contribution in [3.05, 3.63) is 0 Å². The number of carboxylic acid groups (broad SMARTS) is 1. The van der Waals surface area contributed by atoms with E-state index >= 15 is 0 Å². The van der Waals surface area contributed by atoms with Gasteiger partial charge in [0.1, 0.15) is 11.6 Å². The molecule has 0 fully saturated rings. The Kier molecular flexibility index (Phi) is 7.72. The Morgan fingerprint density at radius 3 is 2.33 bits per heavy atom. The summed E-state index contributed by atoms with van der Waals surface area (Å²) < 4.78 is 4.80. The molecule has 8 nitrogen and oxygen atoms in total. The number of carbonyl (C=O) groups is 3. The topological polar surface area (TPSA) is 108 Å². The third-order valence-corrected chi connectivity index (χ3v) is 3.10. The first kappa shape index (κ1) is 19.2. The van der Waals surface area contributed by atoms with Crippen LogP contribution in [-0.4, -0.2) is 66.3 Å². The van der Waals surface area contributed by atoms with Crippen LogP contribution in [0.25, 0.3) is 0 Å². The van der Waals surface area contributed by atoms with Gasteiger partial charge in [0.2, 0.25) is 5.91 Å². The number of carbonyl (C=O) groups excluding carboxylic acids is 2. The van der Waals surface area contributed by atoms with Gasteiger partial charge in [0.25, 0.3) is 0 Å². The maximum absolute atomic E-state index is 12.1. The molecular formula is C13H25N3O5. The van der Waals surface area contributed by atoms with Gasteiger partial charge in [0, 0.05) is 20.2 Å². The molecule has 1 unspecified atom stereocenters. The minimum Gasteiger partial charge on any atom is -0.480 e. The smallest absolute Gasteiger partial charge is 0.329 e. The van der Waals surface area contributed by atoms with Gasteiger partial charge in [-0.05, 0) is 27.7 Å². The summed E-state index contributed by atoms with van der Waals surface area (Å²) in [7, 11) is 1.52. The summed E-state index contributed by atoms with van der Waals surface area (Å²) in [6, 6.07) is -1.37. The van der Waals surface area contributed by atoms with E-state index in [9.17, 15) is 14.4 Å². The molecule has 122 valence electrons. The maximum atomic E-state index is 12.1. The molecule has 0 aliphatic carbocycles. The van der Waals surface area contributed by atoms with Crippen LogP contribution in [-0.2, 0) is 14.3 Å². The summed E-state index contributed by atoms with van der Waals surface area (Å²) in [6.45, 7) is 7.00.